The van der Waals surface area contributed by atoms with Gasteiger partial charge < -0.3 is 5.32 Å². The van der Waals surface area contributed by atoms with Gasteiger partial charge in [-0.25, -0.2) is 0 Å². The van der Waals surface area contributed by atoms with E-state index in [1.54, 1.807) is 0 Å². The van der Waals surface area contributed by atoms with Crippen molar-refractivity contribution in [2.24, 2.45) is 5.92 Å². The Kier molecular flexibility index (Phi) is 4.56. The van der Waals surface area contributed by atoms with E-state index in [2.05, 4.69) is 48.4 Å². The third kappa shape index (κ3) is 3.01. The normalized spacial score (nSPS) is 13.1. The Morgan fingerprint density at radius 3 is 2.72 bits per heavy atom. The lowest BCUT2D eigenvalue weighted by Gasteiger charge is -2.20. The summed E-state index contributed by atoms with van der Waals surface area (Å²) in [4.78, 5) is 4.46. The molecule has 1 heterocycles. The average molecular weight is 263 g/mol. The zero-order valence-electron chi connectivity index (χ0n) is 10.9. The fourth-order valence-corrected chi connectivity index (χ4v) is 2.48. The molecule has 0 aliphatic rings. The topological polar surface area (TPSA) is 24.9 Å². The minimum atomic E-state index is 0.339. The van der Waals surface area contributed by atoms with Crippen molar-refractivity contribution in [2.75, 3.05) is 5.88 Å². The van der Waals surface area contributed by atoms with Crippen LogP contribution in [0.25, 0.3) is 10.9 Å². The second-order valence-corrected chi connectivity index (χ2v) is 5.19. The zero-order valence-corrected chi connectivity index (χ0v) is 11.6. The molecule has 0 aliphatic heterocycles. The number of rotatable bonds is 5. The lowest BCUT2D eigenvalue weighted by Crippen LogP contribution is -2.34. The van der Waals surface area contributed by atoms with Gasteiger partial charge in [-0.3, -0.25) is 4.98 Å². The van der Waals surface area contributed by atoms with Crippen molar-refractivity contribution < 1.29 is 0 Å². The third-order valence-corrected chi connectivity index (χ3v) is 3.57. The van der Waals surface area contributed by atoms with Gasteiger partial charge in [-0.1, -0.05) is 38.1 Å². The van der Waals surface area contributed by atoms with E-state index >= 15 is 0 Å². The highest BCUT2D eigenvalue weighted by Crippen LogP contribution is 2.16. The monoisotopic (exact) mass is 262 g/mol. The highest BCUT2D eigenvalue weighted by atomic mass is 35.5. The van der Waals surface area contributed by atoms with Crippen LogP contribution in [0.3, 0.4) is 0 Å². The maximum atomic E-state index is 5.97. The first kappa shape index (κ1) is 13.3. The molecule has 1 N–H and O–H groups in total. The Morgan fingerprint density at radius 1 is 1.22 bits per heavy atom. The van der Waals surface area contributed by atoms with E-state index < -0.39 is 0 Å². The first-order chi connectivity index (χ1) is 8.72. The number of pyridine rings is 1. The number of hydrogen-bond donors (Lipinski definition) is 1. The third-order valence-electron chi connectivity index (χ3n) is 3.24. The second kappa shape index (κ2) is 6.17. The summed E-state index contributed by atoms with van der Waals surface area (Å²) in [7, 11) is 0. The molecule has 0 saturated heterocycles. The van der Waals surface area contributed by atoms with Gasteiger partial charge in [-0.15, -0.1) is 11.6 Å². The van der Waals surface area contributed by atoms with Crippen LogP contribution in [-0.2, 0) is 6.54 Å². The quantitative estimate of drug-likeness (QED) is 0.833. The fraction of sp³-hybridized carbons (Fsp3) is 0.400. The largest absolute Gasteiger partial charge is 0.308 e. The minimum Gasteiger partial charge on any atom is -0.308 e. The molecular weight excluding hydrogens is 244 g/mol. The Balaban J connectivity index is 2.17. The van der Waals surface area contributed by atoms with Crippen molar-refractivity contribution in [2.45, 2.75) is 26.4 Å². The van der Waals surface area contributed by atoms with Crippen LogP contribution in [0.2, 0.25) is 0 Å². The SMILES string of the molecule is CC(C)C(CCl)NCc1cccc2cccnc12. The van der Waals surface area contributed by atoms with Gasteiger partial charge in [-0.05, 0) is 17.5 Å². The van der Waals surface area contributed by atoms with Crippen LogP contribution in [0.1, 0.15) is 19.4 Å². The van der Waals surface area contributed by atoms with Crippen molar-refractivity contribution in [1.29, 1.82) is 0 Å². The predicted octanol–water partition coefficient (Wildman–Crippen LogP) is 3.59. The number of aromatic nitrogens is 1. The molecule has 2 rings (SSSR count). The molecule has 0 amide bonds. The summed E-state index contributed by atoms with van der Waals surface area (Å²) in [5, 5.41) is 4.69. The number of nitrogens with zero attached hydrogens (tertiary/aromatic N) is 1. The number of benzene rings is 1. The summed E-state index contributed by atoms with van der Waals surface area (Å²) >= 11 is 5.97. The van der Waals surface area contributed by atoms with Crippen LogP contribution in [0.5, 0.6) is 0 Å². The number of nitrogens with one attached hydrogen (secondary N) is 1. The van der Waals surface area contributed by atoms with Gasteiger partial charge in [0.25, 0.3) is 0 Å². The smallest absolute Gasteiger partial charge is 0.0746 e. The van der Waals surface area contributed by atoms with Crippen LogP contribution >= 0.6 is 11.6 Å². The van der Waals surface area contributed by atoms with Gasteiger partial charge in [0.1, 0.15) is 0 Å². The zero-order chi connectivity index (χ0) is 13.0. The van der Waals surface area contributed by atoms with Gasteiger partial charge in [0, 0.05) is 30.0 Å². The van der Waals surface area contributed by atoms with E-state index in [9.17, 15) is 0 Å². The van der Waals surface area contributed by atoms with Crippen LogP contribution < -0.4 is 5.32 Å². The lowest BCUT2D eigenvalue weighted by atomic mass is 10.1. The molecule has 0 bridgehead atoms. The average Bonchev–Trinajstić information content (AvgIpc) is 2.39. The molecule has 0 saturated carbocycles. The first-order valence-electron chi connectivity index (χ1n) is 6.34. The number of halogens is 1. The van der Waals surface area contributed by atoms with Gasteiger partial charge >= 0.3 is 0 Å². The van der Waals surface area contributed by atoms with Gasteiger partial charge in [0.2, 0.25) is 0 Å². The fourth-order valence-electron chi connectivity index (χ4n) is 2.02. The minimum absolute atomic E-state index is 0.339. The van der Waals surface area contributed by atoms with E-state index in [0.29, 0.717) is 17.8 Å². The Bertz CT molecular complexity index is 505. The number of hydrogen-bond acceptors (Lipinski definition) is 2. The maximum Gasteiger partial charge on any atom is 0.0746 e. The van der Waals surface area contributed by atoms with Crippen molar-refractivity contribution >= 4 is 22.5 Å². The molecule has 18 heavy (non-hydrogen) atoms. The predicted molar refractivity (Wildman–Crippen MR) is 77.9 cm³/mol. The Labute approximate surface area is 113 Å². The van der Waals surface area contributed by atoms with E-state index in [1.807, 2.05) is 12.3 Å². The van der Waals surface area contributed by atoms with Crippen molar-refractivity contribution in [3.8, 4) is 0 Å². The summed E-state index contributed by atoms with van der Waals surface area (Å²) in [6.45, 7) is 5.17. The summed E-state index contributed by atoms with van der Waals surface area (Å²) in [5.41, 5.74) is 2.30. The van der Waals surface area contributed by atoms with Crippen LogP contribution in [-0.4, -0.2) is 16.9 Å². The summed E-state index contributed by atoms with van der Waals surface area (Å²) < 4.78 is 0. The van der Waals surface area contributed by atoms with Crippen molar-refractivity contribution in [1.82, 2.24) is 10.3 Å². The highest BCUT2D eigenvalue weighted by molar-refractivity contribution is 6.18. The molecule has 2 aromatic rings. The molecule has 1 atom stereocenters. The molecule has 1 aromatic heterocycles. The molecule has 3 heteroatoms. The highest BCUT2D eigenvalue weighted by Gasteiger charge is 2.11. The molecule has 1 aromatic carbocycles. The number of fused-ring (bicyclic) bond motifs is 1. The Hall–Kier alpha value is -1.12. The van der Waals surface area contributed by atoms with E-state index in [4.69, 9.17) is 11.6 Å². The van der Waals surface area contributed by atoms with Crippen molar-refractivity contribution in [3.63, 3.8) is 0 Å². The molecule has 1 unspecified atom stereocenters. The maximum absolute atomic E-state index is 5.97. The molecule has 0 radical (unpaired) electrons. The standard InChI is InChI=1S/C15H19ClN2/c1-11(2)14(9-16)18-10-13-6-3-5-12-7-4-8-17-15(12)13/h3-8,11,14,18H,9-10H2,1-2H3. The van der Waals surface area contributed by atoms with Gasteiger partial charge in [-0.2, -0.15) is 0 Å². The molecule has 96 valence electrons. The molecule has 0 spiro atoms. The molecule has 0 aliphatic carbocycles. The molecular formula is C15H19ClN2. The lowest BCUT2D eigenvalue weighted by molar-refractivity contribution is 0.431. The second-order valence-electron chi connectivity index (χ2n) is 4.88. The first-order valence-corrected chi connectivity index (χ1v) is 6.88. The van der Waals surface area contributed by atoms with E-state index in [1.165, 1.54) is 10.9 Å². The van der Waals surface area contributed by atoms with E-state index in [0.717, 1.165) is 12.1 Å². The van der Waals surface area contributed by atoms with Gasteiger partial charge in [0.15, 0.2) is 0 Å². The van der Waals surface area contributed by atoms with Crippen LogP contribution in [0.4, 0.5) is 0 Å². The van der Waals surface area contributed by atoms with E-state index in [-0.39, 0.29) is 0 Å². The van der Waals surface area contributed by atoms with Gasteiger partial charge in [0.05, 0.1) is 5.52 Å². The Morgan fingerprint density at radius 2 is 2.00 bits per heavy atom. The molecule has 0 fully saturated rings. The van der Waals surface area contributed by atoms with Crippen LogP contribution in [0.15, 0.2) is 36.5 Å². The summed E-state index contributed by atoms with van der Waals surface area (Å²) in [5.74, 6) is 1.17. The summed E-state index contributed by atoms with van der Waals surface area (Å²) in [6.07, 6.45) is 1.84. The number of alkyl halides is 1. The van der Waals surface area contributed by atoms with Crippen molar-refractivity contribution in [3.05, 3.63) is 42.1 Å². The number of para-hydroxylation sites is 1. The van der Waals surface area contributed by atoms with Crippen LogP contribution in [0, 0.1) is 5.92 Å². The molecule has 2 nitrogen and oxygen atoms in total. The summed E-state index contributed by atoms with van der Waals surface area (Å²) in [6, 6.07) is 10.7.